The van der Waals surface area contributed by atoms with E-state index in [2.05, 4.69) is 28.1 Å². The molecule has 5 heteroatoms. The van der Waals surface area contributed by atoms with Gasteiger partial charge in [-0.25, -0.2) is 0 Å². The number of dihydropyridines is 1. The van der Waals surface area contributed by atoms with Crippen LogP contribution in [0.4, 0.5) is 0 Å². The molecule has 1 fully saturated rings. The molecule has 4 rings (SSSR count). The monoisotopic (exact) mass is 417 g/mol. The van der Waals surface area contributed by atoms with Crippen LogP contribution >= 0.6 is 0 Å². The number of allylic oxidation sites excluding steroid dienone is 4. The minimum atomic E-state index is -0.0611. The van der Waals surface area contributed by atoms with E-state index >= 15 is 0 Å². The summed E-state index contributed by atoms with van der Waals surface area (Å²) in [5, 5.41) is 9.33. The summed E-state index contributed by atoms with van der Waals surface area (Å²) >= 11 is 0. The highest BCUT2D eigenvalue weighted by molar-refractivity contribution is 5.98. The maximum absolute atomic E-state index is 12.9. The van der Waals surface area contributed by atoms with Gasteiger partial charge < -0.3 is 16.0 Å². The minimum absolute atomic E-state index is 0.0261. The Kier molecular flexibility index (Phi) is 6.70. The SMILES string of the molecule is CC1=C(C(=O)NCc2cccc(C(=O)NC3CCCC3)c2)C=C(C2=CCNC=C2)CC1. The van der Waals surface area contributed by atoms with E-state index in [9.17, 15) is 9.59 Å². The van der Waals surface area contributed by atoms with Gasteiger partial charge in [-0.3, -0.25) is 9.59 Å². The fourth-order valence-corrected chi connectivity index (χ4v) is 4.44. The van der Waals surface area contributed by atoms with Gasteiger partial charge in [0.25, 0.3) is 11.8 Å². The zero-order chi connectivity index (χ0) is 21.6. The van der Waals surface area contributed by atoms with E-state index in [1.54, 1.807) is 0 Å². The maximum Gasteiger partial charge on any atom is 0.251 e. The number of amides is 2. The van der Waals surface area contributed by atoms with Crippen LogP contribution in [0.15, 0.2) is 71.0 Å². The standard InChI is InChI=1S/C26H31N3O2/c1-18-9-10-21(20-11-13-27-14-12-20)16-24(18)26(31)28-17-19-5-4-6-22(15-19)25(30)29-23-7-2-3-8-23/h4-6,11-13,15-16,23,27H,2-3,7-10,14,17H2,1H3,(H,28,31)(H,29,30). The Balaban J connectivity index is 1.39. The molecular weight excluding hydrogens is 386 g/mol. The molecule has 5 nitrogen and oxygen atoms in total. The summed E-state index contributed by atoms with van der Waals surface area (Å²) in [6, 6.07) is 7.82. The van der Waals surface area contributed by atoms with Crippen LogP contribution in [0.1, 0.15) is 61.4 Å². The first kappa shape index (κ1) is 21.2. The zero-order valence-corrected chi connectivity index (χ0v) is 18.2. The van der Waals surface area contributed by atoms with Gasteiger partial charge in [-0.15, -0.1) is 0 Å². The normalized spacial score (nSPS) is 18.9. The smallest absolute Gasteiger partial charge is 0.251 e. The number of carbonyl (C=O) groups excluding carboxylic acids is 2. The molecule has 2 amide bonds. The molecule has 3 N–H and O–H groups in total. The highest BCUT2D eigenvalue weighted by Gasteiger charge is 2.19. The lowest BCUT2D eigenvalue weighted by molar-refractivity contribution is -0.117. The molecule has 0 aromatic heterocycles. The molecule has 0 bridgehead atoms. The van der Waals surface area contributed by atoms with E-state index in [4.69, 9.17) is 0 Å². The van der Waals surface area contributed by atoms with Gasteiger partial charge >= 0.3 is 0 Å². The second-order valence-electron chi connectivity index (χ2n) is 8.60. The van der Waals surface area contributed by atoms with Crippen molar-refractivity contribution in [2.45, 2.75) is 58.0 Å². The molecule has 1 aromatic rings. The minimum Gasteiger partial charge on any atom is -0.387 e. The van der Waals surface area contributed by atoms with Crippen molar-refractivity contribution in [2.75, 3.05) is 6.54 Å². The Labute approximate surface area is 184 Å². The third kappa shape index (κ3) is 5.35. The van der Waals surface area contributed by atoms with E-state index in [-0.39, 0.29) is 11.8 Å². The summed E-state index contributed by atoms with van der Waals surface area (Å²) in [6.07, 6.45) is 14.6. The molecule has 1 heterocycles. The molecule has 0 radical (unpaired) electrons. The summed E-state index contributed by atoms with van der Waals surface area (Å²) in [7, 11) is 0. The number of hydrogen-bond acceptors (Lipinski definition) is 3. The summed E-state index contributed by atoms with van der Waals surface area (Å²) < 4.78 is 0. The van der Waals surface area contributed by atoms with Crippen molar-refractivity contribution in [1.82, 2.24) is 16.0 Å². The molecule has 162 valence electrons. The van der Waals surface area contributed by atoms with Gasteiger partial charge in [-0.2, -0.15) is 0 Å². The molecule has 1 aliphatic heterocycles. The molecule has 1 saturated carbocycles. The van der Waals surface area contributed by atoms with E-state index in [1.807, 2.05) is 43.5 Å². The van der Waals surface area contributed by atoms with Crippen LogP contribution in [0.3, 0.4) is 0 Å². The first-order valence-corrected chi connectivity index (χ1v) is 11.3. The lowest BCUT2D eigenvalue weighted by Crippen LogP contribution is -2.32. The molecule has 0 unspecified atom stereocenters. The third-order valence-electron chi connectivity index (χ3n) is 6.32. The molecule has 31 heavy (non-hydrogen) atoms. The van der Waals surface area contributed by atoms with Crippen LogP contribution in [0, 0.1) is 0 Å². The Hall–Kier alpha value is -3.08. The zero-order valence-electron chi connectivity index (χ0n) is 18.2. The second kappa shape index (κ2) is 9.82. The van der Waals surface area contributed by atoms with Crippen LogP contribution in [0.2, 0.25) is 0 Å². The first-order chi connectivity index (χ1) is 15.1. The Morgan fingerprint density at radius 1 is 1.13 bits per heavy atom. The maximum atomic E-state index is 12.9. The van der Waals surface area contributed by atoms with Gasteiger partial charge in [0.15, 0.2) is 0 Å². The fraction of sp³-hybridized carbons (Fsp3) is 0.385. The van der Waals surface area contributed by atoms with Crippen LogP contribution in [0.25, 0.3) is 0 Å². The molecule has 3 aliphatic rings. The molecule has 0 spiro atoms. The van der Waals surface area contributed by atoms with Gasteiger partial charge in [0.1, 0.15) is 0 Å². The highest BCUT2D eigenvalue weighted by atomic mass is 16.2. The Morgan fingerprint density at radius 2 is 1.97 bits per heavy atom. The van der Waals surface area contributed by atoms with E-state index < -0.39 is 0 Å². The van der Waals surface area contributed by atoms with Crippen molar-refractivity contribution in [3.05, 3.63) is 82.1 Å². The quantitative estimate of drug-likeness (QED) is 0.654. The number of hydrogen-bond donors (Lipinski definition) is 3. The van der Waals surface area contributed by atoms with Gasteiger partial charge in [0, 0.05) is 30.3 Å². The molecular formula is C26H31N3O2. The van der Waals surface area contributed by atoms with Crippen LogP contribution in [-0.2, 0) is 11.3 Å². The lowest BCUT2D eigenvalue weighted by Gasteiger charge is -2.20. The van der Waals surface area contributed by atoms with Crippen LogP contribution in [0.5, 0.6) is 0 Å². The van der Waals surface area contributed by atoms with Crippen molar-refractivity contribution >= 4 is 11.8 Å². The fourth-order valence-electron chi connectivity index (χ4n) is 4.44. The predicted molar refractivity (Wildman–Crippen MR) is 123 cm³/mol. The van der Waals surface area contributed by atoms with Crippen molar-refractivity contribution < 1.29 is 9.59 Å². The largest absolute Gasteiger partial charge is 0.387 e. The van der Waals surface area contributed by atoms with Gasteiger partial charge in [-0.05, 0) is 79.8 Å². The summed E-state index contributed by atoms with van der Waals surface area (Å²) in [5.74, 6) is -0.0872. The van der Waals surface area contributed by atoms with Crippen LogP contribution in [-0.4, -0.2) is 24.4 Å². The summed E-state index contributed by atoms with van der Waals surface area (Å²) in [6.45, 7) is 3.25. The van der Waals surface area contributed by atoms with Crippen molar-refractivity contribution in [2.24, 2.45) is 0 Å². The van der Waals surface area contributed by atoms with Crippen molar-refractivity contribution in [3.63, 3.8) is 0 Å². The van der Waals surface area contributed by atoms with E-state index in [0.29, 0.717) is 18.2 Å². The van der Waals surface area contributed by atoms with E-state index in [1.165, 1.54) is 24.0 Å². The molecule has 0 atom stereocenters. The van der Waals surface area contributed by atoms with Crippen LogP contribution < -0.4 is 16.0 Å². The topological polar surface area (TPSA) is 70.2 Å². The molecule has 2 aliphatic carbocycles. The van der Waals surface area contributed by atoms with Crippen molar-refractivity contribution in [1.29, 1.82) is 0 Å². The molecule has 1 aromatic carbocycles. The number of rotatable bonds is 6. The second-order valence-corrected chi connectivity index (χ2v) is 8.60. The van der Waals surface area contributed by atoms with Crippen molar-refractivity contribution in [3.8, 4) is 0 Å². The summed E-state index contributed by atoms with van der Waals surface area (Å²) in [4.78, 5) is 25.5. The predicted octanol–water partition coefficient (Wildman–Crippen LogP) is 4.06. The Bertz CT molecular complexity index is 978. The average molecular weight is 418 g/mol. The molecule has 0 saturated heterocycles. The summed E-state index contributed by atoms with van der Waals surface area (Å²) in [5.41, 5.74) is 5.85. The number of carbonyl (C=O) groups is 2. The lowest BCUT2D eigenvalue weighted by atomic mass is 9.88. The van der Waals surface area contributed by atoms with Gasteiger partial charge in [-0.1, -0.05) is 36.6 Å². The van der Waals surface area contributed by atoms with Gasteiger partial charge in [0.2, 0.25) is 0 Å². The number of nitrogens with one attached hydrogen (secondary N) is 3. The highest BCUT2D eigenvalue weighted by Crippen LogP contribution is 2.29. The first-order valence-electron chi connectivity index (χ1n) is 11.3. The number of benzene rings is 1. The Morgan fingerprint density at radius 3 is 2.74 bits per heavy atom. The van der Waals surface area contributed by atoms with E-state index in [0.717, 1.165) is 48.9 Å². The third-order valence-corrected chi connectivity index (χ3v) is 6.32. The van der Waals surface area contributed by atoms with Gasteiger partial charge in [0.05, 0.1) is 0 Å². The average Bonchev–Trinajstić information content (AvgIpc) is 3.31.